The van der Waals surface area contributed by atoms with E-state index in [0.29, 0.717) is 31.4 Å². The number of benzene rings is 2. The van der Waals surface area contributed by atoms with Crippen LogP contribution in [0.3, 0.4) is 0 Å². The lowest BCUT2D eigenvalue weighted by molar-refractivity contribution is -0.247. The summed E-state index contributed by atoms with van der Waals surface area (Å²) in [6, 6.07) is 8.74. The van der Waals surface area contributed by atoms with Crippen LogP contribution < -0.4 is 26.6 Å². The standard InChI is InChI=1S/C59H95N7O20/c1-14-35(6)49(44(79-12)30-46(69)66-24-18-21-42(66)51(80-13)36(7)53(71)61-37(8)50(70)39-19-16-15-17-20-39)64(10)55(73)47(33(2)3)63-54(72)48(34(4)5)65(11)59(78)83-31-40-29-41(62-45(68)32-82-26-25-81-27-28-84-60)22-23-43(40)85-58(57(76)77)86-52(38(9)67)56(74)75/h15-17,19-20,22-23,29,33-38,42,44,47-52,57-58,67,70,76-77H,14,18,21,24-28,30-32,60H2,1-13H3,(H,61,71)(H,62,68)(H,63,72)(H,74,75)/t35-,36+,37+,38-,42-,44+,47-,48-,49-,50+,51+,52?,58?/m0/s1. The fraction of sp³-hybridized carbons (Fsp3) is 0.678. The zero-order chi connectivity index (χ0) is 64.5. The molecule has 0 radical (unpaired) electrons. The van der Waals surface area contributed by atoms with Crippen molar-refractivity contribution in [3.05, 3.63) is 59.7 Å². The van der Waals surface area contributed by atoms with Gasteiger partial charge in [0.05, 0.1) is 81.3 Å². The van der Waals surface area contributed by atoms with Gasteiger partial charge in [-0.15, -0.1) is 0 Å². The van der Waals surface area contributed by atoms with Crippen molar-refractivity contribution in [3.63, 3.8) is 0 Å². The van der Waals surface area contributed by atoms with Gasteiger partial charge in [0, 0.05) is 46.1 Å². The number of nitrogens with zero attached hydrogens (tertiary/aromatic N) is 3. The number of methoxy groups -OCH3 is 2. The molecule has 6 amide bonds. The number of anilines is 1. The maximum absolute atomic E-state index is 14.8. The number of aliphatic hydroxyl groups is 4. The zero-order valence-electron chi connectivity index (χ0n) is 51.9. The number of aliphatic carboxylic acids is 1. The van der Waals surface area contributed by atoms with Gasteiger partial charge in [-0.3, -0.25) is 28.9 Å². The predicted octanol–water partition coefficient (Wildman–Crippen LogP) is 2.31. The van der Waals surface area contributed by atoms with Gasteiger partial charge in [-0.2, -0.15) is 0 Å². The van der Waals surface area contributed by atoms with E-state index in [2.05, 4.69) is 20.8 Å². The maximum Gasteiger partial charge on any atom is 0.410 e. The average molecular weight is 1220 g/mol. The third-order valence-corrected chi connectivity index (χ3v) is 15.2. The lowest BCUT2D eigenvalue weighted by Gasteiger charge is -2.41. The number of ether oxygens (including phenoxy) is 7. The van der Waals surface area contributed by atoms with Crippen LogP contribution in [0.4, 0.5) is 10.5 Å². The lowest BCUT2D eigenvalue weighted by atomic mass is 9.89. The number of nitrogens with two attached hydrogens (primary N) is 1. The van der Waals surface area contributed by atoms with Crippen LogP contribution in [0.25, 0.3) is 0 Å². The molecule has 27 heteroatoms. The second-order valence-electron chi connectivity index (χ2n) is 22.3. The third-order valence-electron chi connectivity index (χ3n) is 15.2. The van der Waals surface area contributed by atoms with Crippen LogP contribution in [0, 0.1) is 23.7 Å². The number of likely N-dealkylation sites (tertiary alicyclic amines) is 1. The van der Waals surface area contributed by atoms with Crippen molar-refractivity contribution in [2.45, 2.75) is 168 Å². The minimum atomic E-state index is -2.46. The van der Waals surface area contributed by atoms with Crippen molar-refractivity contribution in [1.29, 1.82) is 0 Å². The van der Waals surface area contributed by atoms with Gasteiger partial charge in [-0.1, -0.05) is 85.2 Å². The first-order valence-corrected chi connectivity index (χ1v) is 29.0. The number of carboxylic acids is 1. The molecule has 0 bridgehead atoms. The molecule has 0 spiro atoms. The lowest BCUT2D eigenvalue weighted by Crippen LogP contribution is -2.60. The largest absolute Gasteiger partial charge is 0.479 e. The first-order valence-electron chi connectivity index (χ1n) is 29.0. The molecule has 10 N–H and O–H groups in total. The normalized spacial score (nSPS) is 17.7. The molecule has 1 aliphatic heterocycles. The average Bonchev–Trinajstić information content (AvgIpc) is 2.37. The molecule has 0 aliphatic carbocycles. The van der Waals surface area contributed by atoms with E-state index in [0.717, 1.165) is 11.8 Å². The molecule has 1 heterocycles. The highest BCUT2D eigenvalue weighted by molar-refractivity contribution is 5.93. The van der Waals surface area contributed by atoms with Gasteiger partial charge in [0.15, 0.2) is 6.10 Å². The maximum atomic E-state index is 14.8. The molecular formula is C59H95N7O20. The van der Waals surface area contributed by atoms with E-state index in [9.17, 15) is 59.1 Å². The van der Waals surface area contributed by atoms with Gasteiger partial charge >= 0.3 is 12.1 Å². The quantitative estimate of drug-likeness (QED) is 0.0265. The van der Waals surface area contributed by atoms with Crippen LogP contribution in [0.15, 0.2) is 48.5 Å². The fourth-order valence-electron chi connectivity index (χ4n) is 10.3. The van der Waals surface area contributed by atoms with Crippen LogP contribution in [-0.4, -0.2) is 217 Å². The topological polar surface area (TPSA) is 366 Å². The Kier molecular flexibility index (Phi) is 31.8. The minimum Gasteiger partial charge on any atom is -0.479 e. The summed E-state index contributed by atoms with van der Waals surface area (Å²) < 4.78 is 39.2. The molecule has 86 heavy (non-hydrogen) atoms. The summed E-state index contributed by atoms with van der Waals surface area (Å²) >= 11 is 0. The second-order valence-corrected chi connectivity index (χ2v) is 22.3. The molecule has 0 aromatic heterocycles. The molecule has 3 rings (SSSR count). The number of rotatable bonds is 38. The summed E-state index contributed by atoms with van der Waals surface area (Å²) in [5.41, 5.74) is 0.757. The molecule has 1 fully saturated rings. The fourth-order valence-corrected chi connectivity index (χ4v) is 10.3. The number of likely N-dealkylation sites (N-methyl/N-ethyl adjacent to an activating group) is 2. The van der Waals surface area contributed by atoms with E-state index < -0.39 is 134 Å². The van der Waals surface area contributed by atoms with Crippen molar-refractivity contribution in [2.24, 2.45) is 29.6 Å². The Morgan fingerprint density at radius 2 is 1.45 bits per heavy atom. The SMILES string of the molecule is CC[C@H](C)[C@@H]([C@@H](CC(=O)N1CCC[C@H]1[C@H](OC)[C@@H](C)C(=O)N[C@H](C)[C@@H](O)c1ccccc1)OC)N(C)C(=O)[C@@H](NC(=O)[C@H](C(C)C)N(C)C(=O)OCc1cc(NC(=O)COCCOCCON)ccc1OC(OC(C(=O)O)[C@H](C)O)C(O)O)C(C)C. The van der Waals surface area contributed by atoms with E-state index in [-0.39, 0.29) is 67.6 Å². The zero-order valence-corrected chi connectivity index (χ0v) is 51.9. The van der Waals surface area contributed by atoms with E-state index in [1.54, 1.807) is 77.8 Å². The van der Waals surface area contributed by atoms with E-state index >= 15 is 0 Å². The molecular weight excluding hydrogens is 1130 g/mol. The summed E-state index contributed by atoms with van der Waals surface area (Å²) in [4.78, 5) is 105. The van der Waals surface area contributed by atoms with E-state index in [1.165, 1.54) is 44.4 Å². The van der Waals surface area contributed by atoms with Crippen molar-refractivity contribution in [3.8, 4) is 5.75 Å². The molecule has 27 nitrogen and oxygen atoms in total. The Balaban J connectivity index is 1.83. The van der Waals surface area contributed by atoms with Gasteiger partial charge in [0.1, 0.15) is 31.0 Å². The first kappa shape index (κ1) is 74.1. The van der Waals surface area contributed by atoms with Crippen LogP contribution in [-0.2, 0) is 68.6 Å². The molecule has 486 valence electrons. The minimum absolute atomic E-state index is 0.0224. The van der Waals surface area contributed by atoms with Gasteiger partial charge in [-0.05, 0) is 68.2 Å². The summed E-state index contributed by atoms with van der Waals surface area (Å²) in [5.74, 6) is -1.31. The molecule has 2 unspecified atom stereocenters. The summed E-state index contributed by atoms with van der Waals surface area (Å²) in [5, 5.41) is 59.3. The highest BCUT2D eigenvalue weighted by Crippen LogP contribution is 2.31. The number of aliphatic hydroxyl groups excluding tert-OH is 3. The van der Waals surface area contributed by atoms with Gasteiger partial charge in [-0.25, -0.2) is 15.5 Å². The van der Waals surface area contributed by atoms with Crippen molar-refractivity contribution in [1.82, 2.24) is 25.3 Å². The van der Waals surface area contributed by atoms with E-state index in [4.69, 9.17) is 39.1 Å². The Bertz CT molecular complexity index is 2440. The Morgan fingerprint density at radius 3 is 2.02 bits per heavy atom. The molecule has 0 saturated carbocycles. The smallest absolute Gasteiger partial charge is 0.410 e. The summed E-state index contributed by atoms with van der Waals surface area (Å²) in [7, 11) is 5.87. The Labute approximate surface area is 504 Å². The Hall–Kier alpha value is -6.11. The van der Waals surface area contributed by atoms with E-state index in [1.807, 2.05) is 19.9 Å². The third kappa shape index (κ3) is 21.9. The molecule has 1 aliphatic rings. The number of hydrogen-bond acceptors (Lipinski definition) is 20. The second kappa shape index (κ2) is 36.9. The molecule has 2 aromatic rings. The van der Waals surface area contributed by atoms with Gasteiger partial charge < -0.3 is 89.3 Å². The van der Waals surface area contributed by atoms with Gasteiger partial charge in [0.2, 0.25) is 35.8 Å². The number of carbonyl (C=O) groups excluding carboxylic acids is 6. The van der Waals surface area contributed by atoms with Crippen LogP contribution in [0.1, 0.15) is 105 Å². The Morgan fingerprint density at radius 1 is 0.802 bits per heavy atom. The molecule has 1 saturated heterocycles. The highest BCUT2D eigenvalue weighted by Gasteiger charge is 2.44. The summed E-state index contributed by atoms with van der Waals surface area (Å²) in [6.45, 7) is 15.2. The number of hydrogen-bond donors (Lipinski definition) is 9. The predicted molar refractivity (Wildman–Crippen MR) is 312 cm³/mol. The number of carboxylic acid groups (broad SMARTS) is 1. The first-order chi connectivity index (χ1) is 40.6. The van der Waals surface area contributed by atoms with Gasteiger partial charge in [0.25, 0.3) is 6.29 Å². The number of carbonyl (C=O) groups is 7. The monoisotopic (exact) mass is 1220 g/mol. The van der Waals surface area contributed by atoms with Crippen LogP contribution >= 0.6 is 0 Å². The molecule has 13 atom stereocenters. The summed E-state index contributed by atoms with van der Waals surface area (Å²) in [6.07, 6.45) is -10.0. The molecule has 2 aromatic carbocycles. The van der Waals surface area contributed by atoms with Crippen molar-refractivity contribution in [2.75, 3.05) is 73.2 Å². The van der Waals surface area contributed by atoms with Crippen LogP contribution in [0.2, 0.25) is 0 Å². The van der Waals surface area contributed by atoms with Crippen molar-refractivity contribution >= 4 is 47.3 Å². The van der Waals surface area contributed by atoms with Crippen molar-refractivity contribution < 1.29 is 97.1 Å². The highest BCUT2D eigenvalue weighted by atomic mass is 16.7. The van der Waals surface area contributed by atoms with Crippen LogP contribution in [0.5, 0.6) is 5.75 Å². The number of nitrogens with one attached hydrogen (secondary N) is 3. The number of amides is 6.